The first kappa shape index (κ1) is 37.2. The third-order valence-electron chi connectivity index (χ3n) is 11.3. The number of benzene rings is 5. The van der Waals surface area contributed by atoms with Gasteiger partial charge in [-0.3, -0.25) is 0 Å². The van der Waals surface area contributed by atoms with E-state index < -0.39 is 0 Å². The Morgan fingerprint density at radius 3 is 2.26 bits per heavy atom. The molecule has 0 saturated carbocycles. The molecule has 7 nitrogen and oxygen atoms in total. The van der Waals surface area contributed by atoms with Crippen molar-refractivity contribution in [3.8, 4) is 17.3 Å². The quantitative estimate of drug-likeness (QED) is 0.161. The van der Waals surface area contributed by atoms with Crippen LogP contribution in [0, 0.1) is 18.8 Å². The molecule has 5 aromatic carbocycles. The molecule has 10 rings (SSSR count). The van der Waals surface area contributed by atoms with E-state index in [1.165, 1.54) is 40.7 Å². The zero-order valence-corrected chi connectivity index (χ0v) is 35.5. The minimum atomic E-state index is -0.0236. The SMILES string of the molecule is CC(C)(C)c1ccnc(-n2c3[c-]c(Oc4[c-]c(N5[CH-]N(c6ccccc6)c6cc7c(cc65)nc5n7CCCC5)ccc4)ccc3c3cc(C(C)(C)C)ccc32)c1.[Pt]. The van der Waals surface area contributed by atoms with Crippen molar-refractivity contribution in [2.24, 2.45) is 0 Å². The fourth-order valence-corrected chi connectivity index (χ4v) is 8.25. The molecule has 0 fully saturated rings. The topological polar surface area (TPSA) is 51.4 Å². The molecule has 3 aromatic heterocycles. The largest absolute Gasteiger partial charge is 0.509 e. The van der Waals surface area contributed by atoms with Crippen molar-refractivity contribution in [3.05, 3.63) is 145 Å². The van der Waals surface area contributed by atoms with Gasteiger partial charge in [0.1, 0.15) is 11.6 Å². The van der Waals surface area contributed by atoms with Crippen molar-refractivity contribution in [3.63, 3.8) is 0 Å². The van der Waals surface area contributed by atoms with Crippen molar-refractivity contribution in [2.75, 3.05) is 9.80 Å². The molecule has 0 N–H and O–H groups in total. The summed E-state index contributed by atoms with van der Waals surface area (Å²) >= 11 is 0. The van der Waals surface area contributed by atoms with E-state index in [2.05, 4.69) is 164 Å². The number of pyridine rings is 1. The molecule has 0 spiro atoms. The Hall–Kier alpha value is -5.39. The van der Waals surface area contributed by atoms with Gasteiger partial charge in [0, 0.05) is 74.3 Å². The van der Waals surface area contributed by atoms with Gasteiger partial charge in [0.25, 0.3) is 0 Å². The first-order valence-electron chi connectivity index (χ1n) is 19.7. The van der Waals surface area contributed by atoms with Gasteiger partial charge in [-0.05, 0) is 82.6 Å². The van der Waals surface area contributed by atoms with Gasteiger partial charge in [-0.15, -0.1) is 48.1 Å². The fourth-order valence-electron chi connectivity index (χ4n) is 8.25. The Labute approximate surface area is 349 Å². The van der Waals surface area contributed by atoms with Gasteiger partial charge in [0.15, 0.2) is 0 Å². The fraction of sp³-hybridized carbons (Fsp3) is 0.245. The van der Waals surface area contributed by atoms with E-state index >= 15 is 0 Å². The molecule has 57 heavy (non-hydrogen) atoms. The van der Waals surface area contributed by atoms with Crippen LogP contribution in [0.5, 0.6) is 11.5 Å². The second-order valence-electron chi connectivity index (χ2n) is 17.2. The molecule has 0 aliphatic carbocycles. The second-order valence-corrected chi connectivity index (χ2v) is 17.2. The van der Waals surface area contributed by atoms with Crippen molar-refractivity contribution < 1.29 is 25.8 Å². The minimum Gasteiger partial charge on any atom is -0.509 e. The number of rotatable bonds is 5. The van der Waals surface area contributed by atoms with Gasteiger partial charge in [-0.25, -0.2) is 9.97 Å². The van der Waals surface area contributed by atoms with E-state index in [-0.39, 0.29) is 31.9 Å². The molecule has 2 aliphatic heterocycles. The van der Waals surface area contributed by atoms with Gasteiger partial charge in [0.05, 0.1) is 11.0 Å². The van der Waals surface area contributed by atoms with E-state index in [0.717, 1.165) is 63.5 Å². The third-order valence-corrected chi connectivity index (χ3v) is 11.3. The number of aryl methyl sites for hydroxylation is 2. The summed E-state index contributed by atoms with van der Waals surface area (Å²) in [6.45, 7) is 16.6. The molecular weight excluding hydrogens is 884 g/mol. The van der Waals surface area contributed by atoms with Gasteiger partial charge in [-0.2, -0.15) is 12.1 Å². The van der Waals surface area contributed by atoms with E-state index in [0.29, 0.717) is 11.5 Å². The van der Waals surface area contributed by atoms with Crippen LogP contribution in [-0.2, 0) is 44.9 Å². The summed E-state index contributed by atoms with van der Waals surface area (Å²) < 4.78 is 11.3. The number of nitrogens with zero attached hydrogens (tertiary/aromatic N) is 6. The minimum absolute atomic E-state index is 0. The molecule has 5 heterocycles. The van der Waals surface area contributed by atoms with Crippen LogP contribution in [0.1, 0.15) is 71.3 Å². The number of ether oxygens (including phenoxy) is 1. The van der Waals surface area contributed by atoms with Gasteiger partial charge in [-0.1, -0.05) is 77.4 Å². The van der Waals surface area contributed by atoms with E-state index in [1.54, 1.807) is 0 Å². The van der Waals surface area contributed by atoms with E-state index in [4.69, 9.17) is 14.7 Å². The summed E-state index contributed by atoms with van der Waals surface area (Å²) in [6, 6.07) is 43.6. The standard InChI is InChI=1S/C49H45N6O.Pt/c1-48(2,3)32-18-21-41-39(25-32)38-20-19-37(28-42(38)55(41)47-26-33(22-23-50-47)49(4,5)6)56-36-16-12-15-35(27-36)54-31-53(34-13-8-7-9-14-34)45-30-43-40(29-44(45)54)51-46-17-10-11-24-52(43)46;/h7-9,12-16,18-23,25-26,29-31H,10-11,17,24H2,1-6H3;/q-3;. The predicted molar refractivity (Wildman–Crippen MR) is 228 cm³/mol. The Balaban J connectivity index is 0.00000422. The maximum Gasteiger partial charge on any atom is 0.135 e. The Bertz CT molecular complexity index is 2810. The number of aromatic nitrogens is 4. The van der Waals surface area contributed by atoms with Crippen LogP contribution >= 0.6 is 0 Å². The number of fused-ring (bicyclic) bond motifs is 7. The summed E-state index contributed by atoms with van der Waals surface area (Å²) in [5.41, 5.74) is 10.9. The normalized spacial score (nSPS) is 14.3. The van der Waals surface area contributed by atoms with Gasteiger partial charge >= 0.3 is 0 Å². The van der Waals surface area contributed by atoms with Crippen LogP contribution in [0.3, 0.4) is 0 Å². The Morgan fingerprint density at radius 2 is 1.46 bits per heavy atom. The van der Waals surface area contributed by atoms with Crippen LogP contribution in [0.25, 0.3) is 38.7 Å². The molecule has 8 heteroatoms. The van der Waals surface area contributed by atoms with Crippen LogP contribution < -0.4 is 14.5 Å². The molecule has 2 aliphatic rings. The second kappa shape index (κ2) is 13.9. The average molecular weight is 929 g/mol. The first-order chi connectivity index (χ1) is 27.0. The predicted octanol–water partition coefficient (Wildman–Crippen LogP) is 12.3. The molecule has 0 atom stereocenters. The molecule has 0 radical (unpaired) electrons. The summed E-state index contributed by atoms with van der Waals surface area (Å²) in [6.07, 6.45) is 5.30. The molecular formula is C49H45N6OPt-3. The van der Waals surface area contributed by atoms with Crippen LogP contribution in [-0.4, -0.2) is 19.1 Å². The Kier molecular flexibility index (Phi) is 9.08. The van der Waals surface area contributed by atoms with Crippen LogP contribution in [0.15, 0.2) is 109 Å². The van der Waals surface area contributed by atoms with Crippen molar-refractivity contribution >= 4 is 55.6 Å². The molecule has 0 unspecified atom stereocenters. The first-order valence-corrected chi connectivity index (χ1v) is 19.7. The van der Waals surface area contributed by atoms with Gasteiger partial charge in [0.2, 0.25) is 0 Å². The molecule has 290 valence electrons. The third kappa shape index (κ3) is 6.50. The monoisotopic (exact) mass is 928 g/mol. The average Bonchev–Trinajstić information content (AvgIpc) is 3.85. The summed E-state index contributed by atoms with van der Waals surface area (Å²) in [7, 11) is 0. The van der Waals surface area contributed by atoms with E-state index in [9.17, 15) is 0 Å². The maximum atomic E-state index is 6.64. The number of hydrogen-bond donors (Lipinski definition) is 0. The number of hydrogen-bond acceptors (Lipinski definition) is 5. The zero-order valence-electron chi connectivity index (χ0n) is 33.2. The van der Waals surface area contributed by atoms with E-state index in [1.807, 2.05) is 24.4 Å². The molecule has 0 amide bonds. The summed E-state index contributed by atoms with van der Waals surface area (Å²) in [5, 5.41) is 2.28. The zero-order chi connectivity index (χ0) is 38.3. The number of imidazole rings is 1. The van der Waals surface area contributed by atoms with Crippen molar-refractivity contribution in [2.45, 2.75) is 78.2 Å². The number of anilines is 4. The summed E-state index contributed by atoms with van der Waals surface area (Å²) in [4.78, 5) is 14.4. The maximum absolute atomic E-state index is 6.64. The number of para-hydroxylation sites is 1. The van der Waals surface area contributed by atoms with Crippen LogP contribution in [0.2, 0.25) is 0 Å². The Morgan fingerprint density at radius 1 is 0.684 bits per heavy atom. The van der Waals surface area contributed by atoms with Gasteiger partial charge < -0.3 is 23.7 Å². The van der Waals surface area contributed by atoms with Crippen molar-refractivity contribution in [1.82, 2.24) is 19.1 Å². The molecule has 0 saturated heterocycles. The smallest absolute Gasteiger partial charge is 0.135 e. The molecule has 0 bridgehead atoms. The summed E-state index contributed by atoms with van der Waals surface area (Å²) in [5.74, 6) is 3.26. The van der Waals surface area contributed by atoms with Crippen LogP contribution in [0.4, 0.5) is 22.7 Å². The van der Waals surface area contributed by atoms with Crippen molar-refractivity contribution in [1.29, 1.82) is 0 Å². The molecule has 8 aromatic rings.